The molecule has 3 heterocycles. The van der Waals surface area contributed by atoms with E-state index in [9.17, 15) is 13.6 Å². The maximum absolute atomic E-state index is 14.2. The number of halogens is 2. The van der Waals surface area contributed by atoms with Crippen molar-refractivity contribution < 1.29 is 23.0 Å². The maximum Gasteiger partial charge on any atom is 0.337 e. The highest BCUT2D eigenvalue weighted by Gasteiger charge is 2.48. The second-order valence-electron chi connectivity index (χ2n) is 7.00. The van der Waals surface area contributed by atoms with Gasteiger partial charge in [0.1, 0.15) is 0 Å². The molecule has 0 aromatic carbocycles. The van der Waals surface area contributed by atoms with Crippen molar-refractivity contribution in [2.24, 2.45) is 4.99 Å². The molecule has 0 bridgehead atoms. The van der Waals surface area contributed by atoms with Gasteiger partial charge in [-0.25, -0.2) is 18.6 Å². The summed E-state index contributed by atoms with van der Waals surface area (Å²) in [6.45, 7) is 2.34. The Labute approximate surface area is 175 Å². The summed E-state index contributed by atoms with van der Waals surface area (Å²) in [6.07, 6.45) is 1.01. The smallest absolute Gasteiger partial charge is 0.337 e. The van der Waals surface area contributed by atoms with Crippen molar-refractivity contribution in [2.45, 2.75) is 38.3 Å². The van der Waals surface area contributed by atoms with Crippen LogP contribution < -0.4 is 5.32 Å². The number of thiazole rings is 1. The number of aliphatic imine (C=N–C) groups is 1. The number of methoxy groups -OCH3 is 1. The number of rotatable bonds is 5. The Morgan fingerprint density at radius 2 is 2.20 bits per heavy atom. The predicted molar refractivity (Wildman–Crippen MR) is 107 cm³/mol. The van der Waals surface area contributed by atoms with Crippen molar-refractivity contribution >= 4 is 34.9 Å². The van der Waals surface area contributed by atoms with Gasteiger partial charge in [0, 0.05) is 37.2 Å². The summed E-state index contributed by atoms with van der Waals surface area (Å²) in [5.41, 5.74) is 0.582. The summed E-state index contributed by atoms with van der Waals surface area (Å²) in [5, 5.41) is 20.8. The van der Waals surface area contributed by atoms with E-state index in [1.54, 1.807) is 18.5 Å². The first-order valence-electron chi connectivity index (χ1n) is 9.10. The number of ether oxygens (including phenoxy) is 2. The molecule has 2 atom stereocenters. The van der Waals surface area contributed by atoms with E-state index in [4.69, 9.17) is 20.3 Å². The van der Waals surface area contributed by atoms with Crippen LogP contribution in [0.3, 0.4) is 0 Å². The van der Waals surface area contributed by atoms with Crippen LogP contribution in [0.2, 0.25) is 0 Å². The minimum Gasteiger partial charge on any atom is -0.466 e. The van der Waals surface area contributed by atoms with Gasteiger partial charge in [-0.15, -0.1) is 11.3 Å². The van der Waals surface area contributed by atoms with Crippen LogP contribution in [-0.2, 0) is 14.3 Å². The highest BCUT2D eigenvalue weighted by molar-refractivity contribution is 7.11. The fraction of sp³-hybridized carbons (Fsp3) is 0.500. The molecule has 0 amide bonds. The molecule has 1 fully saturated rings. The van der Waals surface area contributed by atoms with Crippen LogP contribution in [0.25, 0.3) is 0 Å². The second kappa shape index (κ2) is 8.56. The molecular weight excluding hydrogens is 418 g/mol. The first-order valence-corrected chi connectivity index (χ1v) is 9.98. The van der Waals surface area contributed by atoms with Crippen molar-refractivity contribution in [3.8, 4) is 0 Å². The third-order valence-corrected chi connectivity index (χ3v) is 5.45. The van der Waals surface area contributed by atoms with Crippen LogP contribution in [0.1, 0.15) is 25.3 Å². The lowest BCUT2D eigenvalue weighted by atomic mass is 10.0. The van der Waals surface area contributed by atoms with Gasteiger partial charge in [-0.2, -0.15) is 0 Å². The first kappa shape index (κ1) is 22.0. The summed E-state index contributed by atoms with van der Waals surface area (Å²) in [4.78, 5) is 22.4. The normalized spacial score (nSPS) is 23.6. The number of nitrogens with zero attached hydrogens (tertiary/aromatic N) is 3. The summed E-state index contributed by atoms with van der Waals surface area (Å²) >= 11 is 1.35. The molecule has 9 nitrogen and oxygen atoms in total. The van der Waals surface area contributed by atoms with Crippen molar-refractivity contribution in [1.82, 2.24) is 15.2 Å². The van der Waals surface area contributed by atoms with Gasteiger partial charge in [0.05, 0.1) is 31.3 Å². The van der Waals surface area contributed by atoms with Gasteiger partial charge in [-0.3, -0.25) is 20.7 Å². The molecule has 3 N–H and O–H groups in total. The highest BCUT2D eigenvalue weighted by Crippen LogP contribution is 2.34. The zero-order valence-electron chi connectivity index (χ0n) is 16.7. The third-order valence-electron chi connectivity index (χ3n) is 4.67. The number of hydrogen-bond donors (Lipinski definition) is 3. The monoisotopic (exact) mass is 440 g/mol. The minimum absolute atomic E-state index is 0.0811. The third kappa shape index (κ3) is 4.70. The van der Waals surface area contributed by atoms with Gasteiger partial charge in [-0.1, -0.05) is 0 Å². The van der Waals surface area contributed by atoms with E-state index in [2.05, 4.69) is 15.3 Å². The standard InChI is InChI=1S/C18H22F2N6O3S/c1-9-13(17(27)28-3)11(25-15(24-9)16-23-4-5-30-16)7-26-8-18(19,20)6-12(26)14(22)29-10(2)21/h4-5,9,12,21-22H,6-8H2,1-3H3,(H,24,25). The molecule has 2 aliphatic rings. The van der Waals surface area contributed by atoms with E-state index < -0.39 is 42.8 Å². The summed E-state index contributed by atoms with van der Waals surface area (Å²) in [7, 11) is 1.24. The van der Waals surface area contributed by atoms with Gasteiger partial charge < -0.3 is 14.8 Å². The lowest BCUT2D eigenvalue weighted by Gasteiger charge is -2.29. The number of nitrogens with one attached hydrogen (secondary N) is 3. The SMILES string of the molecule is COC(=O)C1=C(CN2CC(F)(F)CC2C(=N)OC(C)=N)NC(c2nccs2)=NC1C. The summed E-state index contributed by atoms with van der Waals surface area (Å²) < 4.78 is 38.2. The van der Waals surface area contributed by atoms with E-state index in [0.29, 0.717) is 16.5 Å². The number of amidine groups is 1. The lowest BCUT2D eigenvalue weighted by Crippen LogP contribution is -2.44. The topological polar surface area (TPSA) is 124 Å². The molecule has 0 aliphatic carbocycles. The molecule has 12 heteroatoms. The number of aromatic nitrogens is 1. The van der Waals surface area contributed by atoms with Crippen LogP contribution in [0, 0.1) is 10.8 Å². The summed E-state index contributed by atoms with van der Waals surface area (Å²) in [6, 6.07) is -1.61. The lowest BCUT2D eigenvalue weighted by molar-refractivity contribution is -0.136. The van der Waals surface area contributed by atoms with E-state index in [0.717, 1.165) is 0 Å². The molecule has 1 aromatic rings. The van der Waals surface area contributed by atoms with E-state index in [1.165, 1.54) is 30.3 Å². The Kier molecular flexibility index (Phi) is 6.27. The molecule has 0 saturated carbocycles. The molecule has 2 unspecified atom stereocenters. The molecule has 30 heavy (non-hydrogen) atoms. The number of likely N-dealkylation sites (tertiary alicyclic amines) is 1. The van der Waals surface area contributed by atoms with Crippen molar-refractivity contribution in [2.75, 3.05) is 20.2 Å². The van der Waals surface area contributed by atoms with Gasteiger partial charge >= 0.3 is 5.97 Å². The van der Waals surface area contributed by atoms with Crippen molar-refractivity contribution in [3.05, 3.63) is 27.9 Å². The zero-order chi connectivity index (χ0) is 22.1. The molecule has 1 saturated heterocycles. The predicted octanol–water partition coefficient (Wildman–Crippen LogP) is 2.01. The average Bonchev–Trinajstić information content (AvgIpc) is 3.28. The largest absolute Gasteiger partial charge is 0.466 e. The fourth-order valence-electron chi connectivity index (χ4n) is 3.47. The number of carbonyl (C=O) groups is 1. The number of esters is 1. The van der Waals surface area contributed by atoms with Crippen LogP contribution in [0.4, 0.5) is 8.78 Å². The molecular formula is C18H22F2N6O3S. The number of hydrogen-bond acceptors (Lipinski definition) is 10. The Morgan fingerprint density at radius 1 is 1.47 bits per heavy atom. The molecule has 2 aliphatic heterocycles. The molecule has 0 radical (unpaired) electrons. The fourth-order valence-corrected chi connectivity index (χ4v) is 4.06. The van der Waals surface area contributed by atoms with E-state index >= 15 is 0 Å². The Balaban J connectivity index is 1.92. The Morgan fingerprint density at radius 3 is 2.80 bits per heavy atom. The summed E-state index contributed by atoms with van der Waals surface area (Å²) in [5.74, 6) is -3.90. The molecule has 0 spiro atoms. The number of alkyl halides is 2. The van der Waals surface area contributed by atoms with E-state index in [-0.39, 0.29) is 18.0 Å². The number of carbonyl (C=O) groups excluding carboxylic acids is 1. The van der Waals surface area contributed by atoms with E-state index in [1.807, 2.05) is 0 Å². The Hall–Kier alpha value is -2.73. The van der Waals surface area contributed by atoms with Crippen LogP contribution in [0.15, 0.2) is 27.8 Å². The maximum atomic E-state index is 14.2. The van der Waals surface area contributed by atoms with Crippen molar-refractivity contribution in [1.29, 1.82) is 10.8 Å². The van der Waals surface area contributed by atoms with Gasteiger partial charge in [0.2, 0.25) is 5.90 Å². The van der Waals surface area contributed by atoms with Crippen LogP contribution >= 0.6 is 11.3 Å². The molecule has 162 valence electrons. The average molecular weight is 440 g/mol. The molecule has 3 rings (SSSR count). The second-order valence-corrected chi connectivity index (χ2v) is 7.90. The first-order chi connectivity index (χ1) is 14.1. The van der Waals surface area contributed by atoms with Gasteiger partial charge in [-0.05, 0) is 6.92 Å². The highest BCUT2D eigenvalue weighted by atomic mass is 32.1. The minimum atomic E-state index is -3.03. The van der Waals surface area contributed by atoms with Crippen molar-refractivity contribution in [3.63, 3.8) is 0 Å². The molecule has 1 aromatic heterocycles. The van der Waals surface area contributed by atoms with Crippen LogP contribution in [-0.4, -0.2) is 71.7 Å². The zero-order valence-corrected chi connectivity index (χ0v) is 17.5. The van der Waals surface area contributed by atoms with Crippen LogP contribution in [0.5, 0.6) is 0 Å². The van der Waals surface area contributed by atoms with Gasteiger partial charge in [0.15, 0.2) is 16.7 Å². The van der Waals surface area contributed by atoms with Gasteiger partial charge in [0.25, 0.3) is 5.92 Å². The quantitative estimate of drug-likeness (QED) is 0.366. The Bertz CT molecular complexity index is 915.